The van der Waals surface area contributed by atoms with Crippen LogP contribution in [0.2, 0.25) is 0 Å². The number of allylic oxidation sites excluding steroid dienone is 1. The Morgan fingerprint density at radius 1 is 1.80 bits per heavy atom. The number of hydrazone groups is 1. The molecule has 54 valence electrons. The van der Waals surface area contributed by atoms with Crippen LogP contribution in [0, 0.1) is 0 Å². The summed E-state index contributed by atoms with van der Waals surface area (Å²) in [4.78, 5) is 10.4. The van der Waals surface area contributed by atoms with Gasteiger partial charge in [-0.05, 0) is 6.08 Å². The Balaban J connectivity index is 2.37. The van der Waals surface area contributed by atoms with Crippen molar-refractivity contribution in [3.63, 3.8) is 0 Å². The van der Waals surface area contributed by atoms with E-state index in [-0.39, 0.29) is 12.5 Å². The van der Waals surface area contributed by atoms with Crippen molar-refractivity contribution >= 4 is 12.1 Å². The molecule has 0 aromatic rings. The zero-order valence-corrected chi connectivity index (χ0v) is 5.53. The molecular weight excluding hydrogens is 130 g/mol. The molecule has 10 heavy (non-hydrogen) atoms. The number of carbonyl (C=O) groups is 1. The lowest BCUT2D eigenvalue weighted by atomic mass is 10.4. The molecule has 1 amide bonds. The van der Waals surface area contributed by atoms with Gasteiger partial charge in [-0.2, -0.15) is 5.10 Å². The van der Waals surface area contributed by atoms with Crippen molar-refractivity contribution in [3.05, 3.63) is 12.2 Å². The van der Waals surface area contributed by atoms with Crippen LogP contribution in [-0.2, 0) is 4.79 Å². The van der Waals surface area contributed by atoms with Gasteiger partial charge in [0.2, 0.25) is 5.91 Å². The van der Waals surface area contributed by atoms with Crippen molar-refractivity contribution in [3.8, 4) is 0 Å². The van der Waals surface area contributed by atoms with Crippen LogP contribution in [0.15, 0.2) is 17.3 Å². The molecule has 2 N–H and O–H groups in total. The zero-order chi connectivity index (χ0) is 7.40. The first-order valence-electron chi connectivity index (χ1n) is 3.01. The molecule has 0 radical (unpaired) electrons. The van der Waals surface area contributed by atoms with Crippen molar-refractivity contribution in [1.82, 2.24) is 5.01 Å². The van der Waals surface area contributed by atoms with E-state index in [0.717, 1.165) is 0 Å². The Kier molecular flexibility index (Phi) is 2.04. The first-order valence-corrected chi connectivity index (χ1v) is 3.01. The minimum Gasteiger partial charge on any atom is -0.368 e. The van der Waals surface area contributed by atoms with Crippen LogP contribution in [-0.4, -0.2) is 30.2 Å². The average Bonchev–Trinajstić information content (AvgIpc) is 1.88. The number of hydrogen-bond donors (Lipinski definition) is 1. The molecule has 0 saturated carbocycles. The van der Waals surface area contributed by atoms with Gasteiger partial charge in [-0.25, -0.2) is 0 Å². The summed E-state index contributed by atoms with van der Waals surface area (Å²) in [6, 6.07) is 0. The Labute approximate surface area is 59.0 Å². The molecule has 0 fully saturated rings. The number of rotatable bonds is 2. The van der Waals surface area contributed by atoms with Gasteiger partial charge in [-0.1, -0.05) is 6.08 Å². The Bertz CT molecular complexity index is 185. The predicted octanol–water partition coefficient (Wildman–Crippen LogP) is -0.671. The van der Waals surface area contributed by atoms with Gasteiger partial charge < -0.3 is 5.73 Å². The number of hydrogen-bond acceptors (Lipinski definition) is 3. The molecule has 1 aliphatic heterocycles. The van der Waals surface area contributed by atoms with Gasteiger partial charge in [-0.3, -0.25) is 9.80 Å². The summed E-state index contributed by atoms with van der Waals surface area (Å²) in [5.41, 5.74) is 4.94. The van der Waals surface area contributed by atoms with Crippen LogP contribution in [0.3, 0.4) is 0 Å². The second-order valence-corrected chi connectivity index (χ2v) is 2.01. The fourth-order valence-electron chi connectivity index (χ4n) is 0.709. The van der Waals surface area contributed by atoms with Crippen molar-refractivity contribution < 1.29 is 4.79 Å². The molecule has 0 spiro atoms. The molecule has 0 aromatic heterocycles. The quantitative estimate of drug-likeness (QED) is 0.551. The Morgan fingerprint density at radius 3 is 3.10 bits per heavy atom. The first kappa shape index (κ1) is 6.80. The monoisotopic (exact) mass is 139 g/mol. The van der Waals surface area contributed by atoms with E-state index in [9.17, 15) is 4.79 Å². The maximum Gasteiger partial charge on any atom is 0.238 e. The standard InChI is InChI=1S/C6H9N3O/c7-6(10)5-9-4-2-1-3-8-9/h1-3H,4-5H2,(H2,7,10). The molecular formula is C6H9N3O. The summed E-state index contributed by atoms with van der Waals surface area (Å²) in [6.45, 7) is 0.861. The molecule has 0 atom stereocenters. The van der Waals surface area contributed by atoms with Gasteiger partial charge in [0.15, 0.2) is 0 Å². The first-order chi connectivity index (χ1) is 4.79. The van der Waals surface area contributed by atoms with Gasteiger partial charge >= 0.3 is 0 Å². The highest BCUT2D eigenvalue weighted by atomic mass is 16.1. The summed E-state index contributed by atoms with van der Waals surface area (Å²) in [5, 5.41) is 5.49. The number of carbonyl (C=O) groups excluding carboxylic acids is 1. The maximum absolute atomic E-state index is 10.4. The normalized spacial score (nSPS) is 15.8. The lowest BCUT2D eigenvalue weighted by Crippen LogP contribution is -2.31. The Hall–Kier alpha value is -1.32. The van der Waals surface area contributed by atoms with Crippen LogP contribution in [0.5, 0.6) is 0 Å². The van der Waals surface area contributed by atoms with Gasteiger partial charge in [0.05, 0.1) is 6.54 Å². The van der Waals surface area contributed by atoms with Gasteiger partial charge in [-0.15, -0.1) is 0 Å². The minimum absolute atomic E-state index is 0.195. The number of amides is 1. The van der Waals surface area contributed by atoms with Crippen LogP contribution in [0.25, 0.3) is 0 Å². The fourth-order valence-corrected chi connectivity index (χ4v) is 0.709. The Morgan fingerprint density at radius 2 is 2.60 bits per heavy atom. The van der Waals surface area contributed by atoms with E-state index in [2.05, 4.69) is 5.10 Å². The summed E-state index contributed by atoms with van der Waals surface area (Å²) in [7, 11) is 0. The molecule has 0 aliphatic carbocycles. The molecule has 4 heteroatoms. The van der Waals surface area contributed by atoms with E-state index in [0.29, 0.717) is 6.54 Å². The van der Waals surface area contributed by atoms with E-state index >= 15 is 0 Å². The van der Waals surface area contributed by atoms with Crippen molar-refractivity contribution in [2.45, 2.75) is 0 Å². The van der Waals surface area contributed by atoms with E-state index in [4.69, 9.17) is 5.73 Å². The van der Waals surface area contributed by atoms with Crippen molar-refractivity contribution in [1.29, 1.82) is 0 Å². The predicted molar refractivity (Wildman–Crippen MR) is 38.4 cm³/mol. The fraction of sp³-hybridized carbons (Fsp3) is 0.333. The third-order valence-corrected chi connectivity index (χ3v) is 1.11. The second-order valence-electron chi connectivity index (χ2n) is 2.01. The number of nitrogens with zero attached hydrogens (tertiary/aromatic N) is 2. The largest absolute Gasteiger partial charge is 0.368 e. The lowest BCUT2D eigenvalue weighted by Gasteiger charge is -2.16. The second kappa shape index (κ2) is 3.00. The van der Waals surface area contributed by atoms with E-state index < -0.39 is 0 Å². The van der Waals surface area contributed by atoms with Crippen molar-refractivity contribution in [2.24, 2.45) is 10.8 Å². The van der Waals surface area contributed by atoms with E-state index in [1.54, 1.807) is 11.2 Å². The number of nitrogens with two attached hydrogens (primary N) is 1. The van der Waals surface area contributed by atoms with Gasteiger partial charge in [0, 0.05) is 6.21 Å². The minimum atomic E-state index is -0.354. The van der Waals surface area contributed by atoms with E-state index in [1.165, 1.54) is 0 Å². The molecule has 0 aromatic carbocycles. The summed E-state index contributed by atoms with van der Waals surface area (Å²) in [5.74, 6) is -0.354. The zero-order valence-electron chi connectivity index (χ0n) is 5.53. The van der Waals surface area contributed by atoms with Crippen LogP contribution in [0.1, 0.15) is 0 Å². The van der Waals surface area contributed by atoms with E-state index in [1.807, 2.05) is 12.2 Å². The SMILES string of the molecule is NC(=O)CN1CC=CC=N1. The molecule has 0 unspecified atom stereocenters. The van der Waals surface area contributed by atoms with Crippen LogP contribution >= 0.6 is 0 Å². The molecule has 0 bridgehead atoms. The lowest BCUT2D eigenvalue weighted by molar-refractivity contribution is -0.119. The third-order valence-electron chi connectivity index (χ3n) is 1.11. The van der Waals surface area contributed by atoms with Crippen molar-refractivity contribution in [2.75, 3.05) is 13.1 Å². The van der Waals surface area contributed by atoms with Gasteiger partial charge in [0.25, 0.3) is 0 Å². The smallest absolute Gasteiger partial charge is 0.238 e. The maximum atomic E-state index is 10.4. The average molecular weight is 139 g/mol. The summed E-state index contributed by atoms with van der Waals surface area (Å²) < 4.78 is 0. The molecule has 4 nitrogen and oxygen atoms in total. The molecule has 0 saturated heterocycles. The summed E-state index contributed by atoms with van der Waals surface area (Å²) >= 11 is 0. The highest BCUT2D eigenvalue weighted by Gasteiger charge is 2.02. The highest BCUT2D eigenvalue weighted by Crippen LogP contribution is 1.92. The van der Waals surface area contributed by atoms with Crippen LogP contribution < -0.4 is 5.73 Å². The van der Waals surface area contributed by atoms with Crippen LogP contribution in [0.4, 0.5) is 0 Å². The highest BCUT2D eigenvalue weighted by molar-refractivity contribution is 5.77. The number of primary amides is 1. The topological polar surface area (TPSA) is 58.7 Å². The van der Waals surface area contributed by atoms with Gasteiger partial charge in [0.1, 0.15) is 6.54 Å². The molecule has 1 rings (SSSR count). The molecule has 1 aliphatic rings. The molecule has 1 heterocycles. The third kappa shape index (κ3) is 1.89. The summed E-state index contributed by atoms with van der Waals surface area (Å²) in [6.07, 6.45) is 5.37.